The molecule has 0 bridgehead atoms. The highest BCUT2D eigenvalue weighted by atomic mass is 16.3. The molecule has 2 fully saturated rings. The molecule has 148 valence electrons. The summed E-state index contributed by atoms with van der Waals surface area (Å²) in [5.74, 6) is 1.22. The molecule has 8 heteroatoms. The molecule has 2 aliphatic heterocycles. The molecule has 4 rings (SSSR count). The summed E-state index contributed by atoms with van der Waals surface area (Å²) in [5, 5.41) is 9.42. The lowest BCUT2D eigenvalue weighted by molar-refractivity contribution is -0.132. The van der Waals surface area contributed by atoms with Crippen molar-refractivity contribution in [2.24, 2.45) is 0 Å². The van der Waals surface area contributed by atoms with E-state index in [1.54, 1.807) is 24.5 Å². The van der Waals surface area contributed by atoms with Gasteiger partial charge in [-0.3, -0.25) is 9.69 Å². The molecule has 0 radical (unpaired) electrons. The van der Waals surface area contributed by atoms with E-state index in [-0.39, 0.29) is 11.7 Å². The first kappa shape index (κ1) is 18.5. The molecular formula is C20H26N6O2. The number of aromatic hydroxyl groups is 1. The number of anilines is 2. The number of nitrogens with zero attached hydrogens (tertiary/aromatic N) is 6. The Bertz CT molecular complexity index is 769. The fourth-order valence-corrected chi connectivity index (χ4v) is 3.73. The van der Waals surface area contributed by atoms with Crippen LogP contribution < -0.4 is 9.80 Å². The zero-order valence-corrected chi connectivity index (χ0v) is 15.9. The molecule has 1 aromatic carbocycles. The maximum atomic E-state index is 12.7. The number of carbonyl (C=O) groups is 1. The molecule has 2 aliphatic rings. The molecule has 2 aromatic rings. The third-order valence-electron chi connectivity index (χ3n) is 5.41. The van der Waals surface area contributed by atoms with Crippen LogP contribution in [0, 0.1) is 0 Å². The summed E-state index contributed by atoms with van der Waals surface area (Å²) in [5.41, 5.74) is 1.11. The molecule has 1 N–H and O–H groups in total. The zero-order chi connectivity index (χ0) is 19.3. The van der Waals surface area contributed by atoms with Gasteiger partial charge in [0.15, 0.2) is 0 Å². The van der Waals surface area contributed by atoms with Crippen molar-refractivity contribution in [2.45, 2.75) is 0 Å². The summed E-state index contributed by atoms with van der Waals surface area (Å²) in [6, 6.07) is 9.11. The van der Waals surface area contributed by atoms with Crippen LogP contribution >= 0.6 is 0 Å². The van der Waals surface area contributed by atoms with Gasteiger partial charge in [-0.25, -0.2) is 9.97 Å². The van der Waals surface area contributed by atoms with E-state index in [0.717, 1.165) is 50.9 Å². The molecule has 1 amide bonds. The second-order valence-electron chi connectivity index (χ2n) is 7.20. The maximum absolute atomic E-state index is 12.7. The van der Waals surface area contributed by atoms with E-state index >= 15 is 0 Å². The van der Waals surface area contributed by atoms with Gasteiger partial charge in [0.1, 0.15) is 5.75 Å². The molecule has 0 saturated carbocycles. The first-order valence-electron chi connectivity index (χ1n) is 9.75. The Morgan fingerprint density at radius 2 is 1.46 bits per heavy atom. The van der Waals surface area contributed by atoms with Gasteiger partial charge in [0.05, 0.1) is 6.54 Å². The number of benzene rings is 1. The Morgan fingerprint density at radius 1 is 0.857 bits per heavy atom. The van der Waals surface area contributed by atoms with E-state index in [1.165, 1.54) is 0 Å². The number of aromatic nitrogens is 2. The molecule has 3 heterocycles. The number of rotatable bonds is 4. The molecule has 0 atom stereocenters. The average Bonchev–Trinajstić information content (AvgIpc) is 2.76. The van der Waals surface area contributed by atoms with E-state index in [2.05, 4.69) is 24.7 Å². The number of hydrogen-bond acceptors (Lipinski definition) is 7. The van der Waals surface area contributed by atoms with Gasteiger partial charge in [-0.2, -0.15) is 0 Å². The van der Waals surface area contributed by atoms with Crippen molar-refractivity contribution in [3.8, 4) is 5.75 Å². The van der Waals surface area contributed by atoms with Gasteiger partial charge in [-0.15, -0.1) is 0 Å². The van der Waals surface area contributed by atoms with Crippen LogP contribution in [0.1, 0.15) is 0 Å². The van der Waals surface area contributed by atoms with Gasteiger partial charge in [0, 0.05) is 70.4 Å². The first-order chi connectivity index (χ1) is 13.7. The molecule has 0 aliphatic carbocycles. The Morgan fingerprint density at radius 3 is 2.11 bits per heavy atom. The molecular weight excluding hydrogens is 356 g/mol. The van der Waals surface area contributed by atoms with Crippen molar-refractivity contribution < 1.29 is 9.90 Å². The van der Waals surface area contributed by atoms with Gasteiger partial charge in [-0.1, -0.05) is 0 Å². The summed E-state index contributed by atoms with van der Waals surface area (Å²) < 4.78 is 0. The Hall–Kier alpha value is -2.87. The molecule has 28 heavy (non-hydrogen) atoms. The van der Waals surface area contributed by atoms with Crippen LogP contribution in [-0.4, -0.2) is 89.7 Å². The molecule has 0 unspecified atom stereocenters. The predicted octanol–water partition coefficient (Wildman–Crippen LogP) is 0.653. The van der Waals surface area contributed by atoms with Crippen LogP contribution in [0.15, 0.2) is 42.7 Å². The second-order valence-corrected chi connectivity index (χ2v) is 7.20. The Balaban J connectivity index is 1.22. The van der Waals surface area contributed by atoms with Crippen LogP contribution in [0.2, 0.25) is 0 Å². The van der Waals surface area contributed by atoms with E-state index in [1.807, 2.05) is 23.1 Å². The number of amides is 1. The first-order valence-corrected chi connectivity index (χ1v) is 9.75. The predicted molar refractivity (Wildman–Crippen MR) is 108 cm³/mol. The topological polar surface area (TPSA) is 76.0 Å². The quantitative estimate of drug-likeness (QED) is 0.832. The Kier molecular flexibility index (Phi) is 5.57. The smallest absolute Gasteiger partial charge is 0.236 e. The fraction of sp³-hybridized carbons (Fsp3) is 0.450. The number of carbonyl (C=O) groups excluding carboxylic acids is 1. The molecule has 1 aromatic heterocycles. The average molecular weight is 382 g/mol. The summed E-state index contributed by atoms with van der Waals surface area (Å²) in [6.45, 7) is 6.94. The fourth-order valence-electron chi connectivity index (χ4n) is 3.73. The minimum absolute atomic E-state index is 0.201. The highest BCUT2D eigenvalue weighted by Gasteiger charge is 2.25. The minimum Gasteiger partial charge on any atom is -0.508 e. The van der Waals surface area contributed by atoms with Crippen LogP contribution in [0.5, 0.6) is 5.75 Å². The van der Waals surface area contributed by atoms with Crippen LogP contribution in [0.25, 0.3) is 0 Å². The normalized spacial score (nSPS) is 18.4. The van der Waals surface area contributed by atoms with Gasteiger partial charge in [0.25, 0.3) is 0 Å². The summed E-state index contributed by atoms with van der Waals surface area (Å²) in [7, 11) is 0. The van der Waals surface area contributed by atoms with E-state index in [9.17, 15) is 9.90 Å². The molecule has 0 spiro atoms. The summed E-state index contributed by atoms with van der Waals surface area (Å²) in [6.07, 6.45) is 3.50. The molecule has 8 nitrogen and oxygen atoms in total. The van der Waals surface area contributed by atoms with E-state index in [4.69, 9.17) is 0 Å². The van der Waals surface area contributed by atoms with Crippen LogP contribution in [-0.2, 0) is 4.79 Å². The highest BCUT2D eigenvalue weighted by molar-refractivity contribution is 5.78. The van der Waals surface area contributed by atoms with Gasteiger partial charge >= 0.3 is 0 Å². The zero-order valence-electron chi connectivity index (χ0n) is 15.9. The standard InChI is InChI=1S/C20H26N6O2/c27-18-4-2-17(3-5-18)24-10-8-23(9-11-24)16-19(28)25-12-14-26(15-13-25)20-21-6-1-7-22-20/h1-7,27H,8-16H2. The third-order valence-corrected chi connectivity index (χ3v) is 5.41. The second kappa shape index (κ2) is 8.43. The summed E-state index contributed by atoms with van der Waals surface area (Å²) >= 11 is 0. The lowest BCUT2D eigenvalue weighted by atomic mass is 10.2. The van der Waals surface area contributed by atoms with Gasteiger partial charge in [0.2, 0.25) is 11.9 Å². The monoisotopic (exact) mass is 382 g/mol. The molecule has 2 saturated heterocycles. The van der Waals surface area contributed by atoms with Crippen molar-refractivity contribution in [2.75, 3.05) is 68.7 Å². The van der Waals surface area contributed by atoms with Crippen LogP contribution in [0.4, 0.5) is 11.6 Å². The minimum atomic E-state index is 0.201. The van der Waals surface area contributed by atoms with Crippen molar-refractivity contribution in [3.05, 3.63) is 42.7 Å². The Labute approximate surface area is 165 Å². The van der Waals surface area contributed by atoms with E-state index in [0.29, 0.717) is 19.6 Å². The summed E-state index contributed by atoms with van der Waals surface area (Å²) in [4.78, 5) is 29.9. The van der Waals surface area contributed by atoms with Gasteiger partial charge in [-0.05, 0) is 30.3 Å². The van der Waals surface area contributed by atoms with Crippen molar-refractivity contribution in [3.63, 3.8) is 0 Å². The maximum Gasteiger partial charge on any atom is 0.236 e. The van der Waals surface area contributed by atoms with Crippen molar-refractivity contribution >= 4 is 17.5 Å². The largest absolute Gasteiger partial charge is 0.508 e. The number of piperazine rings is 2. The number of phenolic OH excluding ortho intramolecular Hbond substituents is 1. The van der Waals surface area contributed by atoms with Crippen molar-refractivity contribution in [1.29, 1.82) is 0 Å². The number of hydrogen-bond donors (Lipinski definition) is 1. The SMILES string of the molecule is O=C(CN1CCN(c2ccc(O)cc2)CC1)N1CCN(c2ncccn2)CC1. The van der Waals surface area contributed by atoms with Crippen molar-refractivity contribution in [1.82, 2.24) is 19.8 Å². The highest BCUT2D eigenvalue weighted by Crippen LogP contribution is 2.20. The van der Waals surface area contributed by atoms with E-state index < -0.39 is 0 Å². The lowest BCUT2D eigenvalue weighted by Crippen LogP contribution is -2.54. The van der Waals surface area contributed by atoms with Gasteiger partial charge < -0.3 is 19.8 Å². The van der Waals surface area contributed by atoms with Crippen LogP contribution in [0.3, 0.4) is 0 Å². The third kappa shape index (κ3) is 4.33. The number of phenols is 1. The lowest BCUT2D eigenvalue weighted by Gasteiger charge is -2.38.